The van der Waals surface area contributed by atoms with Crippen LogP contribution in [0.25, 0.3) is 0 Å². The molecular formula is C15H24N2. The van der Waals surface area contributed by atoms with Crippen LogP contribution in [0.1, 0.15) is 45.4 Å². The van der Waals surface area contributed by atoms with Crippen molar-refractivity contribution >= 4 is 11.4 Å². The Kier molecular flexibility index (Phi) is 4.29. The van der Waals surface area contributed by atoms with Crippen molar-refractivity contribution in [3.05, 3.63) is 24.3 Å². The number of nitrogens with one attached hydrogen (secondary N) is 1. The van der Waals surface area contributed by atoms with E-state index in [1.54, 1.807) is 0 Å². The summed E-state index contributed by atoms with van der Waals surface area (Å²) in [5.41, 5.74) is 7.73. The Hall–Kier alpha value is -1.18. The highest BCUT2D eigenvalue weighted by Crippen LogP contribution is 2.29. The first kappa shape index (κ1) is 12.3. The second kappa shape index (κ2) is 5.95. The molecule has 1 aliphatic carbocycles. The molecule has 2 rings (SSSR count). The Balaban J connectivity index is 1.79. The van der Waals surface area contributed by atoms with Crippen molar-refractivity contribution in [2.24, 2.45) is 5.92 Å². The van der Waals surface area contributed by atoms with Crippen LogP contribution in [0.5, 0.6) is 0 Å². The van der Waals surface area contributed by atoms with Crippen LogP contribution < -0.4 is 11.1 Å². The fourth-order valence-corrected chi connectivity index (χ4v) is 2.82. The minimum Gasteiger partial charge on any atom is -0.399 e. The van der Waals surface area contributed by atoms with Gasteiger partial charge in [-0.1, -0.05) is 19.8 Å². The summed E-state index contributed by atoms with van der Waals surface area (Å²) in [6, 6.07) is 8.74. The van der Waals surface area contributed by atoms with Gasteiger partial charge in [0.1, 0.15) is 0 Å². The third kappa shape index (κ3) is 3.65. The molecule has 2 nitrogen and oxygen atoms in total. The van der Waals surface area contributed by atoms with Gasteiger partial charge in [0.2, 0.25) is 0 Å². The Morgan fingerprint density at radius 3 is 2.35 bits per heavy atom. The minimum absolute atomic E-state index is 0.659. The van der Waals surface area contributed by atoms with Crippen LogP contribution in [0.15, 0.2) is 24.3 Å². The van der Waals surface area contributed by atoms with E-state index < -0.39 is 0 Å². The summed E-state index contributed by atoms with van der Waals surface area (Å²) in [4.78, 5) is 0. The van der Waals surface area contributed by atoms with E-state index >= 15 is 0 Å². The highest BCUT2D eigenvalue weighted by atomic mass is 14.9. The maximum Gasteiger partial charge on any atom is 0.0343 e. The average Bonchev–Trinajstić information content (AvgIpc) is 2.35. The predicted octanol–water partition coefficient (Wildman–Crippen LogP) is 4.04. The number of rotatable bonds is 4. The molecule has 1 aromatic rings. The first-order chi connectivity index (χ1) is 8.28. The van der Waals surface area contributed by atoms with Crippen molar-refractivity contribution in [3.63, 3.8) is 0 Å². The van der Waals surface area contributed by atoms with Crippen molar-refractivity contribution < 1.29 is 0 Å². The minimum atomic E-state index is 0.659. The third-order valence-corrected chi connectivity index (χ3v) is 3.83. The number of hydrogen-bond donors (Lipinski definition) is 2. The molecule has 94 valence electrons. The van der Waals surface area contributed by atoms with Gasteiger partial charge in [0, 0.05) is 17.4 Å². The molecule has 0 unspecified atom stereocenters. The van der Waals surface area contributed by atoms with E-state index in [0.717, 1.165) is 11.6 Å². The molecule has 0 radical (unpaired) electrons. The summed E-state index contributed by atoms with van der Waals surface area (Å²) < 4.78 is 0. The lowest BCUT2D eigenvalue weighted by atomic mass is 9.83. The zero-order valence-electron chi connectivity index (χ0n) is 10.8. The standard InChI is InChI=1S/C15H24N2/c1-2-3-12-4-8-14(9-5-12)17-15-10-6-13(16)7-11-15/h6-7,10-12,14,17H,2-5,8-9,16H2,1H3. The van der Waals surface area contributed by atoms with Crippen molar-refractivity contribution in [1.82, 2.24) is 0 Å². The third-order valence-electron chi connectivity index (χ3n) is 3.83. The SMILES string of the molecule is CCCC1CCC(Nc2ccc(N)cc2)CC1. The quantitative estimate of drug-likeness (QED) is 0.769. The fourth-order valence-electron chi connectivity index (χ4n) is 2.82. The topological polar surface area (TPSA) is 38.0 Å². The summed E-state index contributed by atoms with van der Waals surface area (Å²) in [5.74, 6) is 0.976. The maximum atomic E-state index is 5.68. The van der Waals surface area contributed by atoms with Crippen LogP contribution in [-0.4, -0.2) is 6.04 Å². The summed E-state index contributed by atoms with van der Waals surface area (Å²) in [6.07, 6.45) is 8.15. The molecule has 1 aromatic carbocycles. The van der Waals surface area contributed by atoms with Crippen molar-refractivity contribution in [2.75, 3.05) is 11.1 Å². The van der Waals surface area contributed by atoms with Crippen LogP contribution >= 0.6 is 0 Å². The Morgan fingerprint density at radius 2 is 1.76 bits per heavy atom. The van der Waals surface area contributed by atoms with E-state index in [-0.39, 0.29) is 0 Å². The van der Waals surface area contributed by atoms with Crippen LogP contribution in [0.4, 0.5) is 11.4 Å². The predicted molar refractivity (Wildman–Crippen MR) is 75.1 cm³/mol. The Morgan fingerprint density at radius 1 is 1.12 bits per heavy atom. The van der Waals surface area contributed by atoms with Crippen LogP contribution in [-0.2, 0) is 0 Å². The molecule has 1 saturated carbocycles. The van der Waals surface area contributed by atoms with Gasteiger partial charge < -0.3 is 11.1 Å². The highest BCUT2D eigenvalue weighted by molar-refractivity contribution is 5.51. The summed E-state index contributed by atoms with van der Waals surface area (Å²) in [7, 11) is 0. The first-order valence-electron chi connectivity index (χ1n) is 6.90. The molecule has 0 spiro atoms. The lowest BCUT2D eigenvalue weighted by Gasteiger charge is -2.29. The van der Waals surface area contributed by atoms with Crippen LogP contribution in [0.2, 0.25) is 0 Å². The van der Waals surface area contributed by atoms with E-state index in [9.17, 15) is 0 Å². The molecule has 0 atom stereocenters. The van der Waals surface area contributed by atoms with Gasteiger partial charge in [0.15, 0.2) is 0 Å². The van der Waals surface area contributed by atoms with E-state index in [1.807, 2.05) is 12.1 Å². The lowest BCUT2D eigenvalue weighted by Crippen LogP contribution is -2.26. The number of nitrogen functional groups attached to an aromatic ring is 1. The van der Waals surface area contributed by atoms with Gasteiger partial charge in [-0.25, -0.2) is 0 Å². The molecule has 0 aromatic heterocycles. The molecule has 0 saturated heterocycles. The number of hydrogen-bond acceptors (Lipinski definition) is 2. The van der Waals surface area contributed by atoms with Crippen molar-refractivity contribution in [1.29, 1.82) is 0 Å². The van der Waals surface area contributed by atoms with Gasteiger partial charge in [0.25, 0.3) is 0 Å². The second-order valence-electron chi connectivity index (χ2n) is 5.27. The lowest BCUT2D eigenvalue weighted by molar-refractivity contribution is 0.319. The van der Waals surface area contributed by atoms with Crippen molar-refractivity contribution in [2.45, 2.75) is 51.5 Å². The Labute approximate surface area is 105 Å². The molecule has 0 aliphatic heterocycles. The summed E-state index contributed by atoms with van der Waals surface area (Å²) >= 11 is 0. The van der Waals surface area contributed by atoms with E-state index in [0.29, 0.717) is 6.04 Å². The van der Waals surface area contributed by atoms with Gasteiger partial charge >= 0.3 is 0 Å². The average molecular weight is 232 g/mol. The fraction of sp³-hybridized carbons (Fsp3) is 0.600. The molecular weight excluding hydrogens is 208 g/mol. The smallest absolute Gasteiger partial charge is 0.0343 e. The van der Waals surface area contributed by atoms with Gasteiger partial charge in [-0.2, -0.15) is 0 Å². The number of anilines is 2. The van der Waals surface area contributed by atoms with E-state index in [1.165, 1.54) is 44.2 Å². The largest absolute Gasteiger partial charge is 0.399 e. The summed E-state index contributed by atoms with van der Waals surface area (Å²) in [5, 5.41) is 3.62. The van der Waals surface area contributed by atoms with Crippen LogP contribution in [0, 0.1) is 5.92 Å². The second-order valence-corrected chi connectivity index (χ2v) is 5.27. The zero-order chi connectivity index (χ0) is 12.1. The van der Waals surface area contributed by atoms with Crippen molar-refractivity contribution in [3.8, 4) is 0 Å². The van der Waals surface area contributed by atoms with E-state index in [4.69, 9.17) is 5.73 Å². The normalized spacial score (nSPS) is 24.5. The first-order valence-corrected chi connectivity index (χ1v) is 6.90. The van der Waals surface area contributed by atoms with Gasteiger partial charge in [0.05, 0.1) is 0 Å². The monoisotopic (exact) mass is 232 g/mol. The molecule has 3 N–H and O–H groups in total. The molecule has 17 heavy (non-hydrogen) atoms. The Bertz CT molecular complexity index is 323. The van der Waals surface area contributed by atoms with E-state index in [2.05, 4.69) is 24.4 Å². The maximum absolute atomic E-state index is 5.68. The number of benzene rings is 1. The van der Waals surface area contributed by atoms with Gasteiger partial charge in [-0.3, -0.25) is 0 Å². The molecule has 1 fully saturated rings. The molecule has 1 aliphatic rings. The molecule has 0 amide bonds. The zero-order valence-corrected chi connectivity index (χ0v) is 10.8. The van der Waals surface area contributed by atoms with Gasteiger partial charge in [-0.15, -0.1) is 0 Å². The number of nitrogens with two attached hydrogens (primary N) is 1. The summed E-state index contributed by atoms with van der Waals surface area (Å²) in [6.45, 7) is 2.29. The molecule has 0 heterocycles. The van der Waals surface area contributed by atoms with Gasteiger partial charge in [-0.05, 0) is 55.9 Å². The highest BCUT2D eigenvalue weighted by Gasteiger charge is 2.20. The molecule has 2 heteroatoms. The van der Waals surface area contributed by atoms with Crippen LogP contribution in [0.3, 0.4) is 0 Å². The molecule has 0 bridgehead atoms.